The molecule has 3 nitrogen and oxygen atoms in total. The van der Waals surface area contributed by atoms with Crippen molar-refractivity contribution in [2.75, 3.05) is 7.11 Å². The molecule has 2 rings (SSSR count). The lowest BCUT2D eigenvalue weighted by Crippen LogP contribution is -2.18. The van der Waals surface area contributed by atoms with Crippen LogP contribution in [0.1, 0.15) is 23.6 Å². The fraction of sp³-hybridized carbons (Fsp3) is 0.333. The van der Waals surface area contributed by atoms with Gasteiger partial charge in [-0.1, -0.05) is 30.3 Å². The van der Waals surface area contributed by atoms with Crippen molar-refractivity contribution in [2.45, 2.75) is 32.9 Å². The number of ether oxygens (including phenoxy) is 2. The molecule has 0 saturated carbocycles. The van der Waals surface area contributed by atoms with Gasteiger partial charge in [0.15, 0.2) is 0 Å². The van der Waals surface area contributed by atoms with E-state index in [4.69, 9.17) is 15.2 Å². The molecular weight excluding hydrogens is 298 g/mol. The van der Waals surface area contributed by atoms with Crippen LogP contribution in [-0.4, -0.2) is 13.2 Å². The summed E-state index contributed by atoms with van der Waals surface area (Å²) in [5.74, 6) is 1.76. The molecule has 1 atom stereocenters. The van der Waals surface area contributed by atoms with Gasteiger partial charge in [-0.3, -0.25) is 0 Å². The van der Waals surface area contributed by atoms with E-state index in [9.17, 15) is 0 Å². The number of nitrogens with two attached hydrogens (primary N) is 1. The average Bonchev–Trinajstić information content (AvgIpc) is 2.47. The van der Waals surface area contributed by atoms with E-state index in [-0.39, 0.29) is 18.4 Å². The first-order valence-corrected chi connectivity index (χ1v) is 7.20. The summed E-state index contributed by atoms with van der Waals surface area (Å²) in [6.07, 6.45) is 0.769. The molecule has 0 aliphatic carbocycles. The van der Waals surface area contributed by atoms with E-state index in [1.807, 2.05) is 44.2 Å². The topological polar surface area (TPSA) is 44.5 Å². The fourth-order valence-electron chi connectivity index (χ4n) is 2.29. The molecule has 22 heavy (non-hydrogen) atoms. The standard InChI is InChI=1S/C18H23NO2.ClH/c1-13-9-18(20-3)16(10-14(2)19)11-17(13)21-12-15-7-5-4-6-8-15;/h4-9,11,14H,10,12,19H2,1-3H3;1H. The van der Waals surface area contributed by atoms with Crippen LogP contribution in [0.3, 0.4) is 0 Å². The first-order valence-electron chi connectivity index (χ1n) is 7.20. The molecule has 120 valence electrons. The fourth-order valence-corrected chi connectivity index (χ4v) is 2.29. The second-order valence-electron chi connectivity index (χ2n) is 5.39. The van der Waals surface area contributed by atoms with Gasteiger partial charge in [0.1, 0.15) is 18.1 Å². The molecule has 0 radical (unpaired) electrons. The lowest BCUT2D eigenvalue weighted by Gasteiger charge is -2.16. The Morgan fingerprint density at radius 1 is 1.09 bits per heavy atom. The van der Waals surface area contributed by atoms with Crippen molar-refractivity contribution in [3.63, 3.8) is 0 Å². The molecule has 0 aromatic heterocycles. The monoisotopic (exact) mass is 321 g/mol. The number of benzene rings is 2. The Morgan fingerprint density at radius 2 is 1.77 bits per heavy atom. The lowest BCUT2D eigenvalue weighted by atomic mass is 10.0. The van der Waals surface area contributed by atoms with Crippen LogP contribution in [0.15, 0.2) is 42.5 Å². The van der Waals surface area contributed by atoms with Crippen molar-refractivity contribution in [2.24, 2.45) is 5.73 Å². The minimum atomic E-state index is 0. The van der Waals surface area contributed by atoms with Gasteiger partial charge in [-0.25, -0.2) is 0 Å². The first-order chi connectivity index (χ1) is 10.1. The summed E-state index contributed by atoms with van der Waals surface area (Å²) in [6.45, 7) is 4.58. The third kappa shape index (κ3) is 4.93. The van der Waals surface area contributed by atoms with E-state index in [2.05, 4.69) is 12.1 Å². The zero-order valence-electron chi connectivity index (χ0n) is 13.3. The van der Waals surface area contributed by atoms with Gasteiger partial charge in [0.25, 0.3) is 0 Å². The summed E-state index contributed by atoms with van der Waals surface area (Å²) < 4.78 is 11.4. The molecule has 4 heteroatoms. The summed E-state index contributed by atoms with van der Waals surface area (Å²) in [4.78, 5) is 0. The third-order valence-corrected chi connectivity index (χ3v) is 3.36. The van der Waals surface area contributed by atoms with Gasteiger partial charge in [0.05, 0.1) is 7.11 Å². The van der Waals surface area contributed by atoms with Gasteiger partial charge in [0, 0.05) is 6.04 Å². The summed E-state index contributed by atoms with van der Waals surface area (Å²) in [7, 11) is 1.68. The molecular formula is C18H24ClNO2. The van der Waals surface area contributed by atoms with E-state index in [1.165, 1.54) is 0 Å². The predicted molar refractivity (Wildman–Crippen MR) is 93.1 cm³/mol. The maximum absolute atomic E-state index is 5.95. The average molecular weight is 322 g/mol. The van der Waals surface area contributed by atoms with Gasteiger partial charge < -0.3 is 15.2 Å². The van der Waals surface area contributed by atoms with Gasteiger partial charge in [-0.05, 0) is 49.1 Å². The molecule has 1 unspecified atom stereocenters. The van der Waals surface area contributed by atoms with E-state index in [0.29, 0.717) is 6.61 Å². The van der Waals surface area contributed by atoms with E-state index in [0.717, 1.165) is 34.6 Å². The Balaban J connectivity index is 0.00000242. The molecule has 0 saturated heterocycles. The highest BCUT2D eigenvalue weighted by Crippen LogP contribution is 2.29. The Hall–Kier alpha value is -1.71. The number of hydrogen-bond acceptors (Lipinski definition) is 3. The molecule has 0 spiro atoms. The van der Waals surface area contributed by atoms with Crippen LogP contribution >= 0.6 is 12.4 Å². The number of rotatable bonds is 6. The molecule has 0 aliphatic heterocycles. The molecule has 2 aromatic rings. The maximum atomic E-state index is 5.95. The highest BCUT2D eigenvalue weighted by molar-refractivity contribution is 5.85. The van der Waals surface area contributed by atoms with Crippen LogP contribution < -0.4 is 15.2 Å². The second-order valence-corrected chi connectivity index (χ2v) is 5.39. The Kier molecular flexibility index (Phi) is 7.22. The number of aryl methyl sites for hydroxylation is 1. The van der Waals surface area contributed by atoms with Gasteiger partial charge in [0.2, 0.25) is 0 Å². The molecule has 0 amide bonds. The number of methoxy groups -OCH3 is 1. The van der Waals surface area contributed by atoms with Gasteiger partial charge in [-0.2, -0.15) is 0 Å². The quantitative estimate of drug-likeness (QED) is 0.877. The molecule has 2 aromatic carbocycles. The van der Waals surface area contributed by atoms with E-state index >= 15 is 0 Å². The van der Waals surface area contributed by atoms with Crippen LogP contribution in [0.4, 0.5) is 0 Å². The normalized spacial score (nSPS) is 11.5. The highest BCUT2D eigenvalue weighted by Gasteiger charge is 2.11. The van der Waals surface area contributed by atoms with Crippen molar-refractivity contribution >= 4 is 12.4 Å². The largest absolute Gasteiger partial charge is 0.496 e. The number of halogens is 1. The van der Waals surface area contributed by atoms with Crippen molar-refractivity contribution in [1.29, 1.82) is 0 Å². The Labute approximate surface area is 138 Å². The smallest absolute Gasteiger partial charge is 0.123 e. The SMILES string of the molecule is COc1cc(C)c(OCc2ccccc2)cc1CC(C)N.Cl. The number of hydrogen-bond donors (Lipinski definition) is 1. The Bertz CT molecular complexity index is 585. The minimum Gasteiger partial charge on any atom is -0.496 e. The van der Waals surface area contributed by atoms with Crippen LogP contribution in [-0.2, 0) is 13.0 Å². The third-order valence-electron chi connectivity index (χ3n) is 3.36. The zero-order valence-corrected chi connectivity index (χ0v) is 14.2. The van der Waals surface area contributed by atoms with Crippen molar-refractivity contribution in [1.82, 2.24) is 0 Å². The van der Waals surface area contributed by atoms with E-state index in [1.54, 1.807) is 7.11 Å². The van der Waals surface area contributed by atoms with Gasteiger partial charge >= 0.3 is 0 Å². The van der Waals surface area contributed by atoms with Crippen molar-refractivity contribution < 1.29 is 9.47 Å². The maximum Gasteiger partial charge on any atom is 0.123 e. The van der Waals surface area contributed by atoms with Crippen LogP contribution in [0, 0.1) is 6.92 Å². The first kappa shape index (κ1) is 18.3. The molecule has 0 fully saturated rings. The molecule has 2 N–H and O–H groups in total. The summed E-state index contributed by atoms with van der Waals surface area (Å²) in [6, 6.07) is 14.3. The van der Waals surface area contributed by atoms with Crippen LogP contribution in [0.5, 0.6) is 11.5 Å². The van der Waals surface area contributed by atoms with Crippen LogP contribution in [0.25, 0.3) is 0 Å². The van der Waals surface area contributed by atoms with Crippen molar-refractivity contribution in [3.8, 4) is 11.5 Å². The highest BCUT2D eigenvalue weighted by atomic mass is 35.5. The van der Waals surface area contributed by atoms with Crippen molar-refractivity contribution in [3.05, 3.63) is 59.2 Å². The summed E-state index contributed by atoms with van der Waals surface area (Å²) >= 11 is 0. The predicted octanol–water partition coefficient (Wildman–Crippen LogP) is 3.89. The molecule has 0 bridgehead atoms. The summed E-state index contributed by atoms with van der Waals surface area (Å²) in [5.41, 5.74) is 9.21. The molecule has 0 aliphatic rings. The van der Waals surface area contributed by atoms with Crippen LogP contribution in [0.2, 0.25) is 0 Å². The van der Waals surface area contributed by atoms with E-state index < -0.39 is 0 Å². The lowest BCUT2D eigenvalue weighted by molar-refractivity contribution is 0.302. The second kappa shape index (κ2) is 8.66. The minimum absolute atomic E-state index is 0. The summed E-state index contributed by atoms with van der Waals surface area (Å²) in [5, 5.41) is 0. The van der Waals surface area contributed by atoms with Gasteiger partial charge in [-0.15, -0.1) is 12.4 Å². The molecule has 0 heterocycles. The zero-order chi connectivity index (χ0) is 15.2. The Morgan fingerprint density at radius 3 is 2.36 bits per heavy atom.